The van der Waals surface area contributed by atoms with Crippen molar-refractivity contribution in [3.8, 4) is 5.75 Å². The molecule has 18 heavy (non-hydrogen) atoms. The monoisotopic (exact) mass is 310 g/mol. The largest absolute Gasteiger partial charge is 0.490 e. The maximum Gasteiger partial charge on any atom is 0.156 e. The van der Waals surface area contributed by atoms with Crippen molar-refractivity contribution in [3.05, 3.63) is 27.2 Å². The first-order valence-electron chi connectivity index (χ1n) is 6.15. The van der Waals surface area contributed by atoms with Crippen LogP contribution in [0.4, 0.5) is 0 Å². The molecule has 0 amide bonds. The highest BCUT2D eigenvalue weighted by Gasteiger charge is 2.09. The first-order chi connectivity index (χ1) is 8.54. The fourth-order valence-electron chi connectivity index (χ4n) is 1.49. The van der Waals surface area contributed by atoms with Crippen molar-refractivity contribution in [2.45, 2.75) is 32.7 Å². The summed E-state index contributed by atoms with van der Waals surface area (Å²) < 4.78 is 5.60. The van der Waals surface area contributed by atoms with Crippen LogP contribution >= 0.6 is 34.8 Å². The van der Waals surface area contributed by atoms with Gasteiger partial charge in [-0.05, 0) is 25.5 Å². The lowest BCUT2D eigenvalue weighted by Crippen LogP contribution is -2.89. The van der Waals surface area contributed by atoms with E-state index in [2.05, 4.69) is 19.2 Å². The summed E-state index contributed by atoms with van der Waals surface area (Å²) in [6, 6.07) is 3.93. The second kappa shape index (κ2) is 8.11. The Morgan fingerprint density at radius 2 is 1.83 bits per heavy atom. The van der Waals surface area contributed by atoms with Gasteiger partial charge in [-0.25, -0.2) is 0 Å². The van der Waals surface area contributed by atoms with Crippen LogP contribution in [-0.2, 0) is 0 Å². The number of hydrogen-bond acceptors (Lipinski definition) is 1. The predicted octanol–water partition coefficient (Wildman–Crippen LogP) is 3.78. The maximum absolute atomic E-state index is 6.02. The molecule has 0 bridgehead atoms. The summed E-state index contributed by atoms with van der Waals surface area (Å²) in [6.07, 6.45) is 2.13. The van der Waals surface area contributed by atoms with Gasteiger partial charge in [0.2, 0.25) is 0 Å². The van der Waals surface area contributed by atoms with Crippen LogP contribution in [0.5, 0.6) is 5.75 Å². The molecule has 1 aromatic rings. The molecule has 1 rings (SSSR count). The van der Waals surface area contributed by atoms with Crippen molar-refractivity contribution in [1.29, 1.82) is 0 Å². The average Bonchev–Trinajstić information content (AvgIpc) is 2.31. The van der Waals surface area contributed by atoms with E-state index in [0.717, 1.165) is 13.0 Å². The molecule has 0 aliphatic carbocycles. The smallest absolute Gasteiger partial charge is 0.156 e. The third kappa shape index (κ3) is 5.23. The SMILES string of the molecule is CC[C@@H](C)[NH2+]CCCOc1c(Cl)cc(Cl)cc1Cl. The second-order valence-electron chi connectivity index (χ2n) is 4.31. The van der Waals surface area contributed by atoms with E-state index in [1.807, 2.05) is 0 Å². The first kappa shape index (κ1) is 15.9. The zero-order chi connectivity index (χ0) is 13.5. The highest BCUT2D eigenvalue weighted by atomic mass is 35.5. The van der Waals surface area contributed by atoms with Crippen LogP contribution in [-0.4, -0.2) is 19.2 Å². The second-order valence-corrected chi connectivity index (χ2v) is 5.56. The summed E-state index contributed by atoms with van der Waals surface area (Å²) >= 11 is 17.9. The standard InChI is InChI=1S/C13H18Cl3NO/c1-3-9(2)17-5-4-6-18-13-11(15)7-10(14)8-12(13)16/h7-9,17H,3-6H2,1-2H3/p+1/t9-/m1/s1. The van der Waals surface area contributed by atoms with Gasteiger partial charge in [0.15, 0.2) is 5.75 Å². The zero-order valence-electron chi connectivity index (χ0n) is 10.7. The minimum absolute atomic E-state index is 0.457. The summed E-state index contributed by atoms with van der Waals surface area (Å²) in [5.74, 6) is 0.520. The Morgan fingerprint density at radius 3 is 2.39 bits per heavy atom. The minimum atomic E-state index is 0.457. The van der Waals surface area contributed by atoms with Crippen LogP contribution in [0.2, 0.25) is 15.1 Å². The Kier molecular flexibility index (Phi) is 7.16. The third-order valence-electron chi connectivity index (χ3n) is 2.77. The van der Waals surface area contributed by atoms with Gasteiger partial charge < -0.3 is 10.1 Å². The molecular formula is C13H19Cl3NO+. The lowest BCUT2D eigenvalue weighted by atomic mass is 10.2. The van der Waals surface area contributed by atoms with Gasteiger partial charge in [0.25, 0.3) is 0 Å². The molecule has 0 spiro atoms. The van der Waals surface area contributed by atoms with Gasteiger partial charge >= 0.3 is 0 Å². The van der Waals surface area contributed by atoms with Crippen LogP contribution < -0.4 is 10.1 Å². The van der Waals surface area contributed by atoms with Crippen molar-refractivity contribution in [3.63, 3.8) is 0 Å². The molecule has 0 unspecified atom stereocenters. The van der Waals surface area contributed by atoms with Gasteiger partial charge in [0.05, 0.1) is 29.2 Å². The van der Waals surface area contributed by atoms with Gasteiger partial charge in [-0.15, -0.1) is 0 Å². The zero-order valence-corrected chi connectivity index (χ0v) is 12.9. The topological polar surface area (TPSA) is 25.8 Å². The minimum Gasteiger partial charge on any atom is -0.490 e. The van der Waals surface area contributed by atoms with E-state index >= 15 is 0 Å². The highest BCUT2D eigenvalue weighted by Crippen LogP contribution is 2.35. The normalized spacial score (nSPS) is 12.5. The van der Waals surface area contributed by atoms with Crippen molar-refractivity contribution < 1.29 is 10.1 Å². The van der Waals surface area contributed by atoms with Gasteiger partial charge in [-0.3, -0.25) is 0 Å². The third-order valence-corrected chi connectivity index (χ3v) is 3.55. The van der Waals surface area contributed by atoms with E-state index in [-0.39, 0.29) is 0 Å². The lowest BCUT2D eigenvalue weighted by molar-refractivity contribution is -0.686. The van der Waals surface area contributed by atoms with Gasteiger partial charge in [0, 0.05) is 11.4 Å². The number of halogens is 3. The molecule has 1 aromatic carbocycles. The van der Waals surface area contributed by atoms with Crippen LogP contribution in [0.25, 0.3) is 0 Å². The molecule has 2 nitrogen and oxygen atoms in total. The van der Waals surface area contributed by atoms with Crippen molar-refractivity contribution in [1.82, 2.24) is 0 Å². The fourth-order valence-corrected chi connectivity index (χ4v) is 2.42. The van der Waals surface area contributed by atoms with Crippen LogP contribution in [0.15, 0.2) is 12.1 Å². The number of hydrogen-bond donors (Lipinski definition) is 1. The van der Waals surface area contributed by atoms with E-state index in [0.29, 0.717) is 33.5 Å². The summed E-state index contributed by atoms with van der Waals surface area (Å²) in [7, 11) is 0. The van der Waals surface area contributed by atoms with Gasteiger partial charge in [-0.2, -0.15) is 0 Å². The van der Waals surface area contributed by atoms with Crippen molar-refractivity contribution >= 4 is 34.8 Å². The highest BCUT2D eigenvalue weighted by molar-refractivity contribution is 6.40. The van der Waals surface area contributed by atoms with Crippen LogP contribution in [0.3, 0.4) is 0 Å². The Labute approximate surface area is 124 Å². The number of quaternary nitrogens is 1. The Morgan fingerprint density at radius 1 is 1.22 bits per heavy atom. The molecule has 0 heterocycles. The number of benzene rings is 1. The average molecular weight is 312 g/mol. The van der Waals surface area contributed by atoms with E-state index in [4.69, 9.17) is 39.5 Å². The van der Waals surface area contributed by atoms with Gasteiger partial charge in [0.1, 0.15) is 0 Å². The molecule has 0 aromatic heterocycles. The Balaban J connectivity index is 2.36. The molecule has 0 radical (unpaired) electrons. The molecule has 2 N–H and O–H groups in total. The van der Waals surface area contributed by atoms with Crippen molar-refractivity contribution in [2.75, 3.05) is 13.2 Å². The molecular weight excluding hydrogens is 293 g/mol. The predicted molar refractivity (Wildman–Crippen MR) is 78.1 cm³/mol. The Hall–Kier alpha value is -0.150. The first-order valence-corrected chi connectivity index (χ1v) is 7.28. The molecule has 0 aliphatic rings. The lowest BCUT2D eigenvalue weighted by Gasteiger charge is -2.11. The molecule has 1 atom stereocenters. The fraction of sp³-hybridized carbons (Fsp3) is 0.538. The molecule has 0 aliphatic heterocycles. The number of ether oxygens (including phenoxy) is 1. The Bertz CT molecular complexity index is 361. The summed E-state index contributed by atoms with van der Waals surface area (Å²) in [6.45, 7) is 6.05. The maximum atomic E-state index is 6.02. The molecule has 0 saturated heterocycles. The summed E-state index contributed by atoms with van der Waals surface area (Å²) in [5.41, 5.74) is 0. The van der Waals surface area contributed by atoms with Crippen LogP contribution in [0.1, 0.15) is 26.7 Å². The van der Waals surface area contributed by atoms with E-state index in [1.54, 1.807) is 12.1 Å². The summed E-state index contributed by atoms with van der Waals surface area (Å²) in [4.78, 5) is 0. The molecule has 0 saturated carbocycles. The molecule has 102 valence electrons. The number of rotatable bonds is 7. The van der Waals surface area contributed by atoms with Crippen molar-refractivity contribution in [2.24, 2.45) is 0 Å². The quantitative estimate of drug-likeness (QED) is 0.762. The molecule has 0 fully saturated rings. The van der Waals surface area contributed by atoms with E-state index < -0.39 is 0 Å². The van der Waals surface area contributed by atoms with E-state index in [9.17, 15) is 0 Å². The molecule has 5 heteroatoms. The van der Waals surface area contributed by atoms with Gasteiger partial charge in [-0.1, -0.05) is 41.7 Å². The van der Waals surface area contributed by atoms with E-state index in [1.165, 1.54) is 6.42 Å². The number of nitrogens with two attached hydrogens (primary N) is 1. The van der Waals surface area contributed by atoms with Crippen LogP contribution in [0, 0.1) is 0 Å². The summed E-state index contributed by atoms with van der Waals surface area (Å²) in [5, 5.41) is 3.74.